The van der Waals surface area contributed by atoms with Crippen LogP contribution in [0.25, 0.3) is 0 Å². The van der Waals surface area contributed by atoms with Crippen LogP contribution in [0, 0.1) is 5.92 Å². The maximum atomic E-state index is 12.6. The van der Waals surface area contributed by atoms with Gasteiger partial charge in [0.1, 0.15) is 15.1 Å². The molecule has 0 radical (unpaired) electrons. The van der Waals surface area contributed by atoms with Crippen LogP contribution in [0.15, 0.2) is 39.7 Å². The summed E-state index contributed by atoms with van der Waals surface area (Å²) in [5, 5.41) is 0. The largest absolute Gasteiger partial charge is 0.311 e. The van der Waals surface area contributed by atoms with Gasteiger partial charge in [-0.3, -0.25) is 9.59 Å². The lowest BCUT2D eigenvalue weighted by atomic mass is 10.1. The summed E-state index contributed by atoms with van der Waals surface area (Å²) in [5.74, 6) is -2.44. The van der Waals surface area contributed by atoms with Crippen LogP contribution in [0.1, 0.15) is 6.42 Å². The molecule has 1 saturated heterocycles. The second kappa shape index (κ2) is 7.47. The van der Waals surface area contributed by atoms with Gasteiger partial charge in [0.05, 0.1) is 10.0 Å². The van der Waals surface area contributed by atoms with Gasteiger partial charge < -0.3 is 4.90 Å². The van der Waals surface area contributed by atoms with Crippen molar-refractivity contribution in [3.8, 4) is 0 Å². The number of sulfonamides is 1. The fourth-order valence-electron chi connectivity index (χ4n) is 2.60. The molecule has 2 aromatic rings. The summed E-state index contributed by atoms with van der Waals surface area (Å²) >= 11 is 15.8. The highest BCUT2D eigenvalue weighted by Crippen LogP contribution is 2.35. The van der Waals surface area contributed by atoms with Gasteiger partial charge in [0.25, 0.3) is 10.0 Å². The Morgan fingerprint density at radius 3 is 2.62 bits per heavy atom. The van der Waals surface area contributed by atoms with Crippen LogP contribution in [-0.4, -0.2) is 26.8 Å². The van der Waals surface area contributed by atoms with E-state index in [1.807, 2.05) is 4.72 Å². The van der Waals surface area contributed by atoms with Crippen LogP contribution in [0.4, 0.5) is 5.69 Å². The molecule has 1 unspecified atom stereocenters. The molecule has 26 heavy (non-hydrogen) atoms. The van der Waals surface area contributed by atoms with Gasteiger partial charge in [-0.2, -0.15) is 0 Å². The minimum Gasteiger partial charge on any atom is -0.311 e. The zero-order valence-corrected chi connectivity index (χ0v) is 17.6. The van der Waals surface area contributed by atoms with E-state index in [9.17, 15) is 18.0 Å². The van der Waals surface area contributed by atoms with Crippen molar-refractivity contribution in [3.05, 3.63) is 43.5 Å². The van der Waals surface area contributed by atoms with Crippen molar-refractivity contribution in [3.63, 3.8) is 0 Å². The first-order valence-electron chi connectivity index (χ1n) is 7.28. The molecule has 1 aliphatic heterocycles. The highest BCUT2D eigenvalue weighted by atomic mass is 79.9. The number of halogens is 3. The zero-order chi connectivity index (χ0) is 19.1. The lowest BCUT2D eigenvalue weighted by Crippen LogP contribution is -2.39. The molecule has 2 heterocycles. The van der Waals surface area contributed by atoms with E-state index < -0.39 is 27.8 Å². The molecule has 0 saturated carbocycles. The molecule has 1 aliphatic rings. The summed E-state index contributed by atoms with van der Waals surface area (Å²) in [5.41, 5.74) is 0.628. The van der Waals surface area contributed by atoms with Crippen LogP contribution < -0.4 is 9.62 Å². The van der Waals surface area contributed by atoms with Gasteiger partial charge in [-0.15, -0.1) is 11.3 Å². The minimum absolute atomic E-state index is 0.0529. The van der Waals surface area contributed by atoms with Crippen molar-refractivity contribution < 1.29 is 18.0 Å². The fourth-order valence-corrected chi connectivity index (χ4v) is 6.27. The van der Waals surface area contributed by atoms with E-state index in [-0.39, 0.29) is 20.0 Å². The minimum atomic E-state index is -4.21. The SMILES string of the molecule is O=C(NS(=O)(=O)c1cc(Cl)sc1Cl)C1CCN(c2ccccc2Br)C1=O. The number of carbonyl (C=O) groups is 2. The van der Waals surface area contributed by atoms with Crippen LogP contribution in [0.3, 0.4) is 0 Å². The summed E-state index contributed by atoms with van der Waals surface area (Å²) in [4.78, 5) is 26.2. The monoisotopic (exact) mass is 496 g/mol. The Kier molecular flexibility index (Phi) is 5.64. The van der Waals surface area contributed by atoms with Crippen molar-refractivity contribution in [2.75, 3.05) is 11.4 Å². The van der Waals surface area contributed by atoms with Gasteiger partial charge in [-0.1, -0.05) is 35.3 Å². The molecule has 1 atom stereocenters. The molecule has 138 valence electrons. The Balaban J connectivity index is 1.78. The standard InChI is InChI=1S/C15H11BrCl2N2O4S2/c16-9-3-1-2-4-10(9)20-6-5-8(15(20)22)14(21)19-26(23,24)11-7-12(17)25-13(11)18/h1-4,7-8H,5-6H2,(H,19,21). The van der Waals surface area contributed by atoms with E-state index >= 15 is 0 Å². The van der Waals surface area contributed by atoms with Crippen molar-refractivity contribution >= 4 is 78.0 Å². The van der Waals surface area contributed by atoms with Crippen LogP contribution in [0.5, 0.6) is 0 Å². The van der Waals surface area contributed by atoms with Crippen molar-refractivity contribution in [2.45, 2.75) is 11.3 Å². The molecule has 0 bridgehead atoms. The van der Waals surface area contributed by atoms with Gasteiger partial charge in [0.2, 0.25) is 11.8 Å². The Bertz CT molecular complexity index is 993. The van der Waals surface area contributed by atoms with Crippen LogP contribution in [-0.2, 0) is 19.6 Å². The third-order valence-corrected chi connectivity index (χ3v) is 7.59. The molecule has 1 aromatic carbocycles. The van der Waals surface area contributed by atoms with Gasteiger partial charge in [0, 0.05) is 11.0 Å². The van der Waals surface area contributed by atoms with Crippen molar-refractivity contribution in [2.24, 2.45) is 5.92 Å². The summed E-state index contributed by atoms with van der Waals surface area (Å²) < 4.78 is 27.5. The Hall–Kier alpha value is -1.13. The van der Waals surface area contributed by atoms with E-state index in [2.05, 4.69) is 15.9 Å². The number of rotatable bonds is 4. The average molecular weight is 498 g/mol. The smallest absolute Gasteiger partial charge is 0.266 e. The number of benzene rings is 1. The number of hydrogen-bond donors (Lipinski definition) is 1. The predicted octanol–water partition coefficient (Wildman–Crippen LogP) is 3.68. The third kappa shape index (κ3) is 3.77. The first-order valence-corrected chi connectivity index (χ1v) is 11.1. The van der Waals surface area contributed by atoms with E-state index in [0.717, 1.165) is 17.4 Å². The van der Waals surface area contributed by atoms with E-state index in [1.165, 1.54) is 4.90 Å². The number of anilines is 1. The van der Waals surface area contributed by atoms with Crippen LogP contribution >= 0.6 is 50.5 Å². The Morgan fingerprint density at radius 2 is 2.00 bits per heavy atom. The predicted molar refractivity (Wildman–Crippen MR) is 104 cm³/mol. The van der Waals surface area contributed by atoms with E-state index in [0.29, 0.717) is 16.7 Å². The molecule has 11 heteroatoms. The molecule has 1 aromatic heterocycles. The highest BCUT2D eigenvalue weighted by Gasteiger charge is 2.40. The number of hydrogen-bond acceptors (Lipinski definition) is 5. The summed E-state index contributed by atoms with van der Waals surface area (Å²) in [6.45, 7) is 0.310. The van der Waals surface area contributed by atoms with Gasteiger partial charge >= 0.3 is 0 Å². The molecular formula is C15H11BrCl2N2O4S2. The molecule has 2 amide bonds. The first-order chi connectivity index (χ1) is 12.2. The molecule has 0 spiro atoms. The van der Waals surface area contributed by atoms with Gasteiger partial charge in [0.15, 0.2) is 0 Å². The summed E-state index contributed by atoms with van der Waals surface area (Å²) in [7, 11) is -4.21. The van der Waals surface area contributed by atoms with Crippen LogP contribution in [0.2, 0.25) is 8.67 Å². The molecule has 6 nitrogen and oxygen atoms in total. The van der Waals surface area contributed by atoms with E-state index in [1.54, 1.807) is 24.3 Å². The number of para-hydroxylation sites is 1. The second-order valence-corrected chi connectivity index (χ2v) is 10.2. The van der Waals surface area contributed by atoms with Gasteiger partial charge in [-0.25, -0.2) is 13.1 Å². The lowest BCUT2D eigenvalue weighted by molar-refractivity contribution is -0.130. The number of nitrogens with one attached hydrogen (secondary N) is 1. The normalized spacial score (nSPS) is 17.6. The maximum Gasteiger partial charge on any atom is 0.266 e. The molecule has 1 N–H and O–H groups in total. The van der Waals surface area contributed by atoms with E-state index in [4.69, 9.17) is 23.2 Å². The second-order valence-electron chi connectivity index (χ2n) is 5.44. The summed E-state index contributed by atoms with van der Waals surface area (Å²) in [6, 6.07) is 8.26. The van der Waals surface area contributed by atoms with Crippen molar-refractivity contribution in [1.29, 1.82) is 0 Å². The topological polar surface area (TPSA) is 83.6 Å². The molecular weight excluding hydrogens is 487 g/mol. The van der Waals surface area contributed by atoms with Crippen molar-refractivity contribution in [1.82, 2.24) is 4.72 Å². The third-order valence-electron chi connectivity index (χ3n) is 3.82. The number of carbonyl (C=O) groups excluding carboxylic acids is 2. The lowest BCUT2D eigenvalue weighted by Gasteiger charge is -2.18. The molecule has 1 fully saturated rings. The average Bonchev–Trinajstić information content (AvgIpc) is 3.10. The summed E-state index contributed by atoms with van der Waals surface area (Å²) in [6.07, 6.45) is 0.208. The highest BCUT2D eigenvalue weighted by molar-refractivity contribution is 9.10. The zero-order valence-electron chi connectivity index (χ0n) is 12.9. The Labute approximate surface area is 172 Å². The Morgan fingerprint density at radius 1 is 1.31 bits per heavy atom. The first kappa shape index (κ1) is 19.6. The number of thiophene rings is 1. The number of amides is 2. The quantitative estimate of drug-likeness (QED) is 0.653. The van der Waals surface area contributed by atoms with Gasteiger partial charge in [-0.05, 0) is 40.5 Å². The molecule has 0 aliphatic carbocycles. The maximum absolute atomic E-state index is 12.6. The fraction of sp³-hybridized carbons (Fsp3) is 0.200. The number of nitrogens with zero attached hydrogens (tertiary/aromatic N) is 1. The molecule has 3 rings (SSSR count).